The number of aliphatic carboxylic acids is 1. The molecule has 3 unspecified atom stereocenters. The summed E-state index contributed by atoms with van der Waals surface area (Å²) in [6, 6.07) is 14.3. The smallest absolute Gasteiger partial charge is 0.304 e. The molecule has 0 saturated carbocycles. The Morgan fingerprint density at radius 3 is 2.78 bits per heavy atom. The Morgan fingerprint density at radius 2 is 2.00 bits per heavy atom. The van der Waals surface area contributed by atoms with Gasteiger partial charge in [0.15, 0.2) is 0 Å². The first-order valence-corrected chi connectivity index (χ1v) is 12.9. The van der Waals surface area contributed by atoms with Gasteiger partial charge < -0.3 is 24.6 Å². The quantitative estimate of drug-likeness (QED) is 0.506. The molecule has 5 rings (SSSR count). The average molecular weight is 490 g/mol. The first-order valence-electron chi connectivity index (χ1n) is 12.9. The van der Waals surface area contributed by atoms with E-state index < -0.39 is 5.97 Å². The fourth-order valence-electron chi connectivity index (χ4n) is 5.65. The molecule has 6 nitrogen and oxygen atoms in total. The van der Waals surface area contributed by atoms with Gasteiger partial charge in [-0.25, -0.2) is 0 Å². The maximum Gasteiger partial charge on any atom is 0.304 e. The summed E-state index contributed by atoms with van der Waals surface area (Å²) in [6.07, 6.45) is 6.97. The summed E-state index contributed by atoms with van der Waals surface area (Å²) in [5.41, 5.74) is 4.65. The van der Waals surface area contributed by atoms with E-state index >= 15 is 0 Å². The minimum absolute atomic E-state index is 0.0777. The van der Waals surface area contributed by atoms with Crippen LogP contribution in [0.15, 0.2) is 65.9 Å². The Labute approximate surface area is 213 Å². The molecule has 0 amide bonds. The number of benzene rings is 2. The van der Waals surface area contributed by atoms with Crippen molar-refractivity contribution in [2.45, 2.75) is 57.7 Å². The summed E-state index contributed by atoms with van der Waals surface area (Å²) in [7, 11) is 0. The number of ether oxygens (including phenoxy) is 3. The second kappa shape index (κ2) is 10.8. The molecule has 36 heavy (non-hydrogen) atoms. The molecule has 2 N–H and O–H groups in total. The van der Waals surface area contributed by atoms with Crippen LogP contribution >= 0.6 is 0 Å². The van der Waals surface area contributed by atoms with Crippen LogP contribution < -0.4 is 14.8 Å². The van der Waals surface area contributed by atoms with E-state index in [-0.39, 0.29) is 12.3 Å². The Hall–Kier alpha value is -3.25. The molecule has 0 bridgehead atoms. The maximum atomic E-state index is 11.1. The predicted molar refractivity (Wildman–Crippen MR) is 138 cm³/mol. The topological polar surface area (TPSA) is 77.0 Å². The predicted octanol–water partition coefficient (Wildman–Crippen LogP) is 5.55. The third kappa shape index (κ3) is 5.59. The summed E-state index contributed by atoms with van der Waals surface area (Å²) in [5, 5.41) is 12.5. The molecule has 3 atom stereocenters. The second-order valence-corrected chi connectivity index (χ2v) is 10.2. The molecule has 3 aliphatic rings. The van der Waals surface area contributed by atoms with Gasteiger partial charge in [-0.1, -0.05) is 42.8 Å². The largest absolute Gasteiger partial charge is 0.492 e. The van der Waals surface area contributed by atoms with Crippen LogP contribution in [0.2, 0.25) is 0 Å². The lowest BCUT2D eigenvalue weighted by molar-refractivity contribution is -0.137. The number of hydrogen-bond acceptors (Lipinski definition) is 5. The van der Waals surface area contributed by atoms with Crippen molar-refractivity contribution in [3.63, 3.8) is 0 Å². The monoisotopic (exact) mass is 489 g/mol. The number of carbonyl (C=O) groups is 1. The molecule has 1 saturated heterocycles. The van der Waals surface area contributed by atoms with Crippen LogP contribution in [-0.4, -0.2) is 36.9 Å². The van der Waals surface area contributed by atoms with E-state index in [4.69, 9.17) is 19.3 Å². The molecule has 0 aromatic heterocycles. The average Bonchev–Trinajstić information content (AvgIpc) is 3.24. The van der Waals surface area contributed by atoms with Gasteiger partial charge in [0.2, 0.25) is 0 Å². The van der Waals surface area contributed by atoms with E-state index in [0.717, 1.165) is 54.3 Å². The van der Waals surface area contributed by atoms with Crippen LogP contribution in [0.25, 0.3) is 0 Å². The highest BCUT2D eigenvalue weighted by molar-refractivity contribution is 5.68. The van der Waals surface area contributed by atoms with Crippen LogP contribution in [0.3, 0.4) is 0 Å². The van der Waals surface area contributed by atoms with Crippen LogP contribution in [0.4, 0.5) is 0 Å². The normalized spacial score (nSPS) is 23.8. The zero-order valence-electron chi connectivity index (χ0n) is 21.0. The van der Waals surface area contributed by atoms with Gasteiger partial charge in [0.05, 0.1) is 13.0 Å². The van der Waals surface area contributed by atoms with E-state index in [1.807, 2.05) is 18.2 Å². The standard InChI is InChI=1S/C30H35NO5/c1-19-12-26(36-24-8-10-31-11-9-24)13-20(2)30(19)22-5-3-4-21(14-22)17-34-25-6-7-27-23(15-29(32)33)18-35-28(27)16-25/h3-7,12-14,16,19,23-24,30-31H,8-11,15,17-18H2,1-2H3,(H,32,33). The number of carboxylic acid groups (broad SMARTS) is 1. The van der Waals surface area contributed by atoms with Crippen molar-refractivity contribution in [3.05, 3.63) is 82.6 Å². The number of hydrogen-bond donors (Lipinski definition) is 2. The summed E-state index contributed by atoms with van der Waals surface area (Å²) < 4.78 is 18.1. The Morgan fingerprint density at radius 1 is 1.17 bits per heavy atom. The number of nitrogens with one attached hydrogen (secondary N) is 1. The zero-order valence-corrected chi connectivity index (χ0v) is 21.0. The maximum absolute atomic E-state index is 11.1. The molecule has 0 radical (unpaired) electrons. The van der Waals surface area contributed by atoms with E-state index in [0.29, 0.717) is 31.2 Å². The minimum atomic E-state index is -0.810. The molecule has 1 aliphatic carbocycles. The number of carboxylic acids is 1. The number of piperidine rings is 1. The fraction of sp³-hybridized carbons (Fsp3) is 0.433. The zero-order chi connectivity index (χ0) is 25.1. The van der Waals surface area contributed by atoms with Gasteiger partial charge in [0.1, 0.15) is 30.0 Å². The lowest BCUT2D eigenvalue weighted by Gasteiger charge is -2.31. The van der Waals surface area contributed by atoms with E-state index in [9.17, 15) is 4.79 Å². The van der Waals surface area contributed by atoms with Crippen molar-refractivity contribution in [1.29, 1.82) is 0 Å². The number of fused-ring (bicyclic) bond motifs is 1. The van der Waals surface area contributed by atoms with Crippen molar-refractivity contribution < 1.29 is 24.1 Å². The third-order valence-electron chi connectivity index (χ3n) is 7.40. The fourth-order valence-corrected chi connectivity index (χ4v) is 5.65. The molecule has 0 spiro atoms. The lowest BCUT2D eigenvalue weighted by Crippen LogP contribution is -2.32. The van der Waals surface area contributed by atoms with E-state index in [1.165, 1.54) is 11.1 Å². The highest BCUT2D eigenvalue weighted by atomic mass is 16.5. The van der Waals surface area contributed by atoms with Gasteiger partial charge in [-0.3, -0.25) is 4.79 Å². The molecule has 6 heteroatoms. The van der Waals surface area contributed by atoms with Crippen molar-refractivity contribution in [2.24, 2.45) is 5.92 Å². The summed E-state index contributed by atoms with van der Waals surface area (Å²) in [4.78, 5) is 11.1. The first-order chi connectivity index (χ1) is 17.5. The van der Waals surface area contributed by atoms with Crippen molar-refractivity contribution in [2.75, 3.05) is 19.7 Å². The van der Waals surface area contributed by atoms with E-state index in [2.05, 4.69) is 55.6 Å². The molecule has 2 aliphatic heterocycles. The van der Waals surface area contributed by atoms with Gasteiger partial charge in [-0.2, -0.15) is 0 Å². The SMILES string of the molecule is CC1=CC(OC2CCNCC2)=CC(C)C1c1cccc(COc2ccc3c(c2)OCC3CC(=O)O)c1. The molecule has 2 aromatic rings. The Balaban J connectivity index is 1.22. The van der Waals surface area contributed by atoms with Crippen molar-refractivity contribution in [3.8, 4) is 11.5 Å². The Kier molecular flexibility index (Phi) is 7.33. The number of rotatable bonds is 8. The first kappa shape index (κ1) is 24.4. The molecule has 2 heterocycles. The summed E-state index contributed by atoms with van der Waals surface area (Å²) in [5.74, 6) is 2.19. The summed E-state index contributed by atoms with van der Waals surface area (Å²) >= 11 is 0. The lowest BCUT2D eigenvalue weighted by atomic mass is 9.78. The van der Waals surface area contributed by atoms with Crippen LogP contribution in [-0.2, 0) is 16.1 Å². The van der Waals surface area contributed by atoms with Crippen LogP contribution in [0.5, 0.6) is 11.5 Å². The van der Waals surface area contributed by atoms with Crippen LogP contribution in [0, 0.1) is 5.92 Å². The second-order valence-electron chi connectivity index (χ2n) is 10.2. The molecule has 2 aromatic carbocycles. The number of allylic oxidation sites excluding steroid dienone is 3. The van der Waals surface area contributed by atoms with Gasteiger partial charge in [0.25, 0.3) is 0 Å². The molecular weight excluding hydrogens is 454 g/mol. The molecular formula is C30H35NO5. The van der Waals surface area contributed by atoms with Gasteiger partial charge in [0, 0.05) is 23.5 Å². The van der Waals surface area contributed by atoms with Gasteiger partial charge in [-0.05, 0) is 68.1 Å². The van der Waals surface area contributed by atoms with Crippen molar-refractivity contribution in [1.82, 2.24) is 5.32 Å². The molecule has 1 fully saturated rings. The highest BCUT2D eigenvalue weighted by Gasteiger charge is 2.27. The third-order valence-corrected chi connectivity index (χ3v) is 7.40. The van der Waals surface area contributed by atoms with Gasteiger partial charge in [-0.15, -0.1) is 0 Å². The molecule has 190 valence electrons. The van der Waals surface area contributed by atoms with Crippen LogP contribution in [0.1, 0.15) is 61.6 Å². The van der Waals surface area contributed by atoms with Crippen molar-refractivity contribution >= 4 is 5.97 Å². The van der Waals surface area contributed by atoms with E-state index in [1.54, 1.807) is 0 Å². The Bertz CT molecular complexity index is 1160. The summed E-state index contributed by atoms with van der Waals surface area (Å²) in [6.45, 7) is 7.37. The minimum Gasteiger partial charge on any atom is -0.492 e. The highest BCUT2D eigenvalue weighted by Crippen LogP contribution is 2.40. The van der Waals surface area contributed by atoms with Gasteiger partial charge >= 0.3 is 5.97 Å².